The normalized spacial score (nSPS) is 14.6. The molecule has 0 aromatic heterocycles. The summed E-state index contributed by atoms with van der Waals surface area (Å²) < 4.78 is 27.6. The summed E-state index contributed by atoms with van der Waals surface area (Å²) in [7, 11) is -3.67. The largest absolute Gasteiger partial charge is 0.339 e. The zero-order chi connectivity index (χ0) is 17.2. The molecule has 1 aliphatic heterocycles. The van der Waals surface area contributed by atoms with Crippen LogP contribution in [-0.4, -0.2) is 32.3 Å². The Morgan fingerprint density at radius 1 is 1.04 bits per heavy atom. The van der Waals surface area contributed by atoms with Crippen LogP contribution in [0.15, 0.2) is 53.4 Å². The Hall–Kier alpha value is -2.34. The standard InChI is InChI=1S/C18H20N2O3S/c1-14-9-10-15(18(21)20-11-5-6-12-20)13-17(14)19-24(22,23)16-7-3-2-4-8-16/h2-4,7-10,13,19H,5-6,11-12H2,1H3. The topological polar surface area (TPSA) is 66.5 Å². The number of nitrogens with one attached hydrogen (secondary N) is 1. The molecule has 1 saturated heterocycles. The third kappa shape index (κ3) is 3.43. The van der Waals surface area contributed by atoms with Crippen molar-refractivity contribution in [2.24, 2.45) is 0 Å². The minimum Gasteiger partial charge on any atom is -0.339 e. The number of hydrogen-bond acceptors (Lipinski definition) is 3. The van der Waals surface area contributed by atoms with Gasteiger partial charge in [-0.3, -0.25) is 9.52 Å². The summed E-state index contributed by atoms with van der Waals surface area (Å²) in [5, 5.41) is 0. The van der Waals surface area contributed by atoms with Crippen LogP contribution in [0.3, 0.4) is 0 Å². The Labute approximate surface area is 142 Å². The maximum absolute atomic E-state index is 12.5. The second-order valence-corrected chi connectivity index (χ2v) is 7.63. The number of amides is 1. The summed E-state index contributed by atoms with van der Waals surface area (Å²) in [4.78, 5) is 14.5. The summed E-state index contributed by atoms with van der Waals surface area (Å²) in [6, 6.07) is 13.3. The molecule has 3 rings (SSSR count). The van der Waals surface area contributed by atoms with Crippen molar-refractivity contribution in [1.82, 2.24) is 4.90 Å². The van der Waals surface area contributed by atoms with Gasteiger partial charge in [-0.1, -0.05) is 24.3 Å². The first kappa shape index (κ1) is 16.5. The van der Waals surface area contributed by atoms with Gasteiger partial charge in [-0.25, -0.2) is 8.42 Å². The Morgan fingerprint density at radius 3 is 2.38 bits per heavy atom. The third-order valence-corrected chi connectivity index (χ3v) is 5.56. The molecule has 1 aliphatic rings. The monoisotopic (exact) mass is 344 g/mol. The van der Waals surface area contributed by atoms with Gasteiger partial charge in [0, 0.05) is 18.7 Å². The molecule has 0 aliphatic carbocycles. The molecular weight excluding hydrogens is 324 g/mol. The molecule has 0 atom stereocenters. The molecule has 1 heterocycles. The molecule has 0 saturated carbocycles. The van der Waals surface area contributed by atoms with Crippen LogP contribution < -0.4 is 4.72 Å². The molecular formula is C18H20N2O3S. The minimum absolute atomic E-state index is 0.0485. The van der Waals surface area contributed by atoms with Crippen LogP contribution >= 0.6 is 0 Å². The molecule has 1 amide bonds. The molecule has 2 aromatic rings. The van der Waals surface area contributed by atoms with E-state index < -0.39 is 10.0 Å². The van der Waals surface area contributed by atoms with Gasteiger partial charge >= 0.3 is 0 Å². The highest BCUT2D eigenvalue weighted by Gasteiger charge is 2.21. The molecule has 5 nitrogen and oxygen atoms in total. The van der Waals surface area contributed by atoms with Gasteiger partial charge in [-0.15, -0.1) is 0 Å². The van der Waals surface area contributed by atoms with E-state index >= 15 is 0 Å². The van der Waals surface area contributed by atoms with E-state index in [1.165, 1.54) is 12.1 Å². The highest BCUT2D eigenvalue weighted by molar-refractivity contribution is 7.92. The van der Waals surface area contributed by atoms with E-state index in [1.807, 2.05) is 6.92 Å². The average molecular weight is 344 g/mol. The molecule has 126 valence electrons. The highest BCUT2D eigenvalue weighted by Crippen LogP contribution is 2.23. The lowest BCUT2D eigenvalue weighted by atomic mass is 10.1. The van der Waals surface area contributed by atoms with Crippen LogP contribution in [0.5, 0.6) is 0 Å². The number of nitrogens with zero attached hydrogens (tertiary/aromatic N) is 1. The summed E-state index contributed by atoms with van der Waals surface area (Å²) in [5.74, 6) is -0.0485. The Morgan fingerprint density at radius 2 is 1.71 bits per heavy atom. The van der Waals surface area contributed by atoms with Gasteiger partial charge in [0.1, 0.15) is 0 Å². The summed E-state index contributed by atoms with van der Waals surface area (Å²) in [6.07, 6.45) is 2.04. The van der Waals surface area contributed by atoms with Crippen molar-refractivity contribution in [3.8, 4) is 0 Å². The second-order valence-electron chi connectivity index (χ2n) is 5.95. The molecule has 1 N–H and O–H groups in total. The highest BCUT2D eigenvalue weighted by atomic mass is 32.2. The van der Waals surface area contributed by atoms with Gasteiger partial charge in [-0.2, -0.15) is 0 Å². The lowest BCUT2D eigenvalue weighted by molar-refractivity contribution is 0.0793. The summed E-state index contributed by atoms with van der Waals surface area (Å²) in [6.45, 7) is 3.34. The summed E-state index contributed by atoms with van der Waals surface area (Å²) in [5.41, 5.74) is 1.71. The van der Waals surface area contributed by atoms with Crippen molar-refractivity contribution >= 4 is 21.6 Å². The third-order valence-electron chi connectivity index (χ3n) is 4.18. The first-order chi connectivity index (χ1) is 11.5. The lowest BCUT2D eigenvalue weighted by Gasteiger charge is -2.17. The number of aryl methyl sites for hydroxylation is 1. The average Bonchev–Trinajstić information content (AvgIpc) is 3.11. The lowest BCUT2D eigenvalue weighted by Crippen LogP contribution is -2.27. The Kier molecular flexibility index (Phi) is 4.57. The van der Waals surface area contributed by atoms with Crippen molar-refractivity contribution in [1.29, 1.82) is 0 Å². The minimum atomic E-state index is -3.67. The number of sulfonamides is 1. The Bertz CT molecular complexity index is 842. The predicted molar refractivity (Wildman–Crippen MR) is 93.6 cm³/mol. The number of carbonyl (C=O) groups excluding carboxylic acids is 1. The van der Waals surface area contributed by atoms with Crippen LogP contribution in [0.2, 0.25) is 0 Å². The van der Waals surface area contributed by atoms with Crippen LogP contribution in [0, 0.1) is 6.92 Å². The molecule has 0 radical (unpaired) electrons. The van der Waals surface area contributed by atoms with Crippen molar-refractivity contribution in [3.05, 3.63) is 59.7 Å². The maximum Gasteiger partial charge on any atom is 0.261 e. The number of carbonyl (C=O) groups is 1. The first-order valence-corrected chi connectivity index (χ1v) is 9.43. The van der Waals surface area contributed by atoms with E-state index in [2.05, 4.69) is 4.72 Å². The molecule has 0 spiro atoms. The number of rotatable bonds is 4. The van der Waals surface area contributed by atoms with E-state index in [1.54, 1.807) is 41.3 Å². The van der Waals surface area contributed by atoms with Gasteiger partial charge in [-0.05, 0) is 49.6 Å². The van der Waals surface area contributed by atoms with Crippen LogP contribution in [0.1, 0.15) is 28.8 Å². The molecule has 24 heavy (non-hydrogen) atoms. The van der Waals surface area contributed by atoms with Gasteiger partial charge in [0.15, 0.2) is 0 Å². The predicted octanol–water partition coefficient (Wildman–Crippen LogP) is 3.03. The molecule has 1 fully saturated rings. The second kappa shape index (κ2) is 6.65. The zero-order valence-electron chi connectivity index (χ0n) is 13.5. The molecule has 6 heteroatoms. The van der Waals surface area contributed by atoms with Crippen LogP contribution in [0.4, 0.5) is 5.69 Å². The van der Waals surface area contributed by atoms with E-state index in [0.717, 1.165) is 31.5 Å². The van der Waals surface area contributed by atoms with E-state index in [4.69, 9.17) is 0 Å². The maximum atomic E-state index is 12.5. The van der Waals surface area contributed by atoms with Gasteiger partial charge in [0.05, 0.1) is 10.6 Å². The van der Waals surface area contributed by atoms with Gasteiger partial charge < -0.3 is 4.90 Å². The van der Waals surface area contributed by atoms with E-state index in [0.29, 0.717) is 11.3 Å². The fourth-order valence-electron chi connectivity index (χ4n) is 2.77. The summed E-state index contributed by atoms with van der Waals surface area (Å²) >= 11 is 0. The quantitative estimate of drug-likeness (QED) is 0.927. The zero-order valence-corrected chi connectivity index (χ0v) is 14.3. The fraction of sp³-hybridized carbons (Fsp3) is 0.278. The number of hydrogen-bond donors (Lipinski definition) is 1. The molecule has 2 aromatic carbocycles. The number of anilines is 1. The first-order valence-electron chi connectivity index (χ1n) is 7.95. The van der Waals surface area contributed by atoms with Crippen molar-refractivity contribution in [2.45, 2.75) is 24.7 Å². The van der Waals surface area contributed by atoms with Crippen LogP contribution in [-0.2, 0) is 10.0 Å². The van der Waals surface area contributed by atoms with E-state index in [9.17, 15) is 13.2 Å². The Balaban J connectivity index is 1.88. The molecule has 0 unspecified atom stereocenters. The van der Waals surface area contributed by atoms with Gasteiger partial charge in [0.2, 0.25) is 0 Å². The van der Waals surface area contributed by atoms with Crippen molar-refractivity contribution in [2.75, 3.05) is 17.8 Å². The van der Waals surface area contributed by atoms with Crippen LogP contribution in [0.25, 0.3) is 0 Å². The number of likely N-dealkylation sites (tertiary alicyclic amines) is 1. The smallest absolute Gasteiger partial charge is 0.261 e. The molecule has 0 bridgehead atoms. The van der Waals surface area contributed by atoms with Gasteiger partial charge in [0.25, 0.3) is 15.9 Å². The van der Waals surface area contributed by atoms with Crippen molar-refractivity contribution in [3.63, 3.8) is 0 Å². The fourth-order valence-corrected chi connectivity index (χ4v) is 3.91. The van der Waals surface area contributed by atoms with E-state index in [-0.39, 0.29) is 10.8 Å². The van der Waals surface area contributed by atoms with Crippen molar-refractivity contribution < 1.29 is 13.2 Å². The number of benzene rings is 2. The SMILES string of the molecule is Cc1ccc(C(=O)N2CCCC2)cc1NS(=O)(=O)c1ccccc1.